The normalized spacial score (nSPS) is 12.1. The van der Waals surface area contributed by atoms with Crippen LogP contribution >= 0.6 is 28.3 Å². The smallest absolute Gasteiger partial charge is 0.145 e. The molecule has 6 heteroatoms. The summed E-state index contributed by atoms with van der Waals surface area (Å²) in [7, 11) is 0. The fourth-order valence-electron chi connectivity index (χ4n) is 0.974. The summed E-state index contributed by atoms with van der Waals surface area (Å²) in [6, 6.07) is 1.31. The Labute approximate surface area is 94.6 Å². The van der Waals surface area contributed by atoms with Crippen molar-refractivity contribution >= 4 is 28.3 Å². The van der Waals surface area contributed by atoms with Crippen LogP contribution in [-0.4, -0.2) is 11.7 Å². The van der Waals surface area contributed by atoms with Gasteiger partial charge in [-0.1, -0.05) is 0 Å². The van der Waals surface area contributed by atoms with Gasteiger partial charge in [-0.15, -0.1) is 12.4 Å². The average molecular weight is 289 g/mol. The van der Waals surface area contributed by atoms with Crippen molar-refractivity contribution in [2.75, 3.05) is 6.61 Å². The number of hydrogen-bond acceptors (Lipinski definition) is 2. The molecule has 14 heavy (non-hydrogen) atoms. The molecule has 80 valence electrons. The Hall–Kier alpha value is -0.230. The van der Waals surface area contributed by atoms with E-state index in [-0.39, 0.29) is 22.4 Å². The van der Waals surface area contributed by atoms with Gasteiger partial charge in [0.1, 0.15) is 11.6 Å². The van der Waals surface area contributed by atoms with Crippen molar-refractivity contribution in [1.82, 2.24) is 0 Å². The van der Waals surface area contributed by atoms with Gasteiger partial charge in [0.15, 0.2) is 0 Å². The first-order chi connectivity index (χ1) is 6.07. The lowest BCUT2D eigenvalue weighted by molar-refractivity contribution is 0.262. The Morgan fingerprint density at radius 3 is 2.50 bits per heavy atom. The maximum absolute atomic E-state index is 13.2. The number of hydrogen-bond donors (Lipinski definition) is 2. The minimum absolute atomic E-state index is 0. The number of benzene rings is 1. The minimum atomic E-state index is -1.03. The van der Waals surface area contributed by atoms with Crippen LogP contribution in [0.25, 0.3) is 0 Å². The van der Waals surface area contributed by atoms with E-state index in [9.17, 15) is 8.78 Å². The Morgan fingerprint density at radius 2 is 2.00 bits per heavy atom. The van der Waals surface area contributed by atoms with Crippen molar-refractivity contribution < 1.29 is 13.9 Å². The molecule has 0 heterocycles. The molecule has 0 bridgehead atoms. The van der Waals surface area contributed by atoms with Crippen molar-refractivity contribution in [1.29, 1.82) is 0 Å². The van der Waals surface area contributed by atoms with Crippen LogP contribution in [0.2, 0.25) is 0 Å². The van der Waals surface area contributed by atoms with E-state index in [1.54, 1.807) is 0 Å². The topological polar surface area (TPSA) is 46.2 Å². The van der Waals surface area contributed by atoms with E-state index >= 15 is 0 Å². The van der Waals surface area contributed by atoms with Crippen LogP contribution in [0, 0.1) is 11.6 Å². The number of nitrogens with two attached hydrogens (primary N) is 1. The highest BCUT2D eigenvalue weighted by atomic mass is 79.9. The van der Waals surface area contributed by atoms with E-state index in [0.29, 0.717) is 0 Å². The van der Waals surface area contributed by atoms with Gasteiger partial charge < -0.3 is 10.8 Å². The molecule has 0 aliphatic heterocycles. The highest BCUT2D eigenvalue weighted by Crippen LogP contribution is 2.25. The van der Waals surface area contributed by atoms with Crippen LogP contribution in [0.15, 0.2) is 16.6 Å². The summed E-state index contributed by atoms with van der Waals surface area (Å²) in [6.45, 7) is -0.496. The SMILES string of the molecule is Cl.N[C@@H](CO)c1c(F)ccc(Br)c1F. The van der Waals surface area contributed by atoms with Gasteiger partial charge in [0, 0.05) is 5.56 Å². The molecule has 1 atom stereocenters. The van der Waals surface area contributed by atoms with Crippen LogP contribution in [0.1, 0.15) is 11.6 Å². The number of halogens is 4. The van der Waals surface area contributed by atoms with Crippen LogP contribution in [-0.2, 0) is 0 Å². The average Bonchev–Trinajstić information content (AvgIpc) is 2.12. The largest absolute Gasteiger partial charge is 0.394 e. The Morgan fingerprint density at radius 1 is 1.43 bits per heavy atom. The van der Waals surface area contributed by atoms with Crippen LogP contribution in [0.5, 0.6) is 0 Å². The molecule has 0 radical (unpaired) electrons. The zero-order chi connectivity index (χ0) is 10.0. The molecule has 1 aromatic carbocycles. The predicted octanol–water partition coefficient (Wildman–Crippen LogP) is 2.14. The third-order valence-electron chi connectivity index (χ3n) is 1.65. The second kappa shape index (κ2) is 5.60. The number of aliphatic hydroxyl groups is 1. The zero-order valence-corrected chi connectivity index (χ0v) is 9.41. The summed E-state index contributed by atoms with van der Waals surface area (Å²) in [4.78, 5) is 0. The van der Waals surface area contributed by atoms with E-state index in [2.05, 4.69) is 15.9 Å². The molecule has 3 N–H and O–H groups in total. The maximum atomic E-state index is 13.2. The van der Waals surface area contributed by atoms with Gasteiger partial charge in [0.2, 0.25) is 0 Å². The molecule has 0 amide bonds. The van der Waals surface area contributed by atoms with Gasteiger partial charge in [-0.05, 0) is 28.1 Å². The van der Waals surface area contributed by atoms with Crippen molar-refractivity contribution in [3.63, 3.8) is 0 Å². The third kappa shape index (κ3) is 2.63. The zero-order valence-electron chi connectivity index (χ0n) is 7.01. The Balaban J connectivity index is 0.00000169. The van der Waals surface area contributed by atoms with E-state index in [1.807, 2.05) is 0 Å². The van der Waals surface area contributed by atoms with Crippen molar-refractivity contribution in [3.05, 3.63) is 33.8 Å². The lowest BCUT2D eigenvalue weighted by atomic mass is 10.1. The molecule has 0 fully saturated rings. The quantitative estimate of drug-likeness (QED) is 0.819. The summed E-state index contributed by atoms with van der Waals surface area (Å²) in [5.41, 5.74) is 5.02. The second-order valence-corrected chi connectivity index (χ2v) is 3.40. The standard InChI is InChI=1S/C8H8BrF2NO.ClH/c9-4-1-2-5(10)7(8(4)11)6(12)3-13;/h1-2,6,13H,3,12H2;1H/t6-;/m0./s1. The molecule has 2 nitrogen and oxygen atoms in total. The first-order valence-corrected chi connectivity index (χ1v) is 4.37. The van der Waals surface area contributed by atoms with Gasteiger partial charge in [-0.25, -0.2) is 8.78 Å². The summed E-state index contributed by atoms with van der Waals surface area (Å²) in [5, 5.41) is 8.65. The molecule has 0 saturated carbocycles. The lowest BCUT2D eigenvalue weighted by Gasteiger charge is -2.11. The molecule has 0 aliphatic rings. The second-order valence-electron chi connectivity index (χ2n) is 2.55. The van der Waals surface area contributed by atoms with Crippen molar-refractivity contribution in [2.45, 2.75) is 6.04 Å². The summed E-state index contributed by atoms with van der Waals surface area (Å²) in [5.74, 6) is -1.51. The van der Waals surface area contributed by atoms with Gasteiger partial charge in [0.25, 0.3) is 0 Å². The molecule has 1 aromatic rings. The lowest BCUT2D eigenvalue weighted by Crippen LogP contribution is -2.18. The third-order valence-corrected chi connectivity index (χ3v) is 2.26. The Kier molecular flexibility index (Phi) is 5.51. The first kappa shape index (κ1) is 13.8. The van der Waals surface area contributed by atoms with Gasteiger partial charge >= 0.3 is 0 Å². The number of aliphatic hydroxyl groups excluding tert-OH is 1. The maximum Gasteiger partial charge on any atom is 0.145 e. The van der Waals surface area contributed by atoms with Crippen LogP contribution < -0.4 is 5.73 Å². The van der Waals surface area contributed by atoms with Crippen LogP contribution in [0.4, 0.5) is 8.78 Å². The van der Waals surface area contributed by atoms with E-state index < -0.39 is 24.3 Å². The van der Waals surface area contributed by atoms with Gasteiger partial charge in [0.05, 0.1) is 17.1 Å². The minimum Gasteiger partial charge on any atom is -0.394 e. The molecule has 0 unspecified atom stereocenters. The highest BCUT2D eigenvalue weighted by molar-refractivity contribution is 9.10. The first-order valence-electron chi connectivity index (χ1n) is 3.57. The number of rotatable bonds is 2. The van der Waals surface area contributed by atoms with Crippen molar-refractivity contribution in [3.8, 4) is 0 Å². The van der Waals surface area contributed by atoms with E-state index in [1.165, 1.54) is 6.07 Å². The Bertz CT molecular complexity index is 324. The van der Waals surface area contributed by atoms with Crippen molar-refractivity contribution in [2.24, 2.45) is 5.73 Å². The van der Waals surface area contributed by atoms with Crippen LogP contribution in [0.3, 0.4) is 0 Å². The molecule has 1 rings (SSSR count). The molecular weight excluding hydrogens is 279 g/mol. The molecule has 0 aromatic heterocycles. The fourth-order valence-corrected chi connectivity index (χ4v) is 1.32. The predicted molar refractivity (Wildman–Crippen MR) is 55.3 cm³/mol. The van der Waals surface area contributed by atoms with E-state index in [0.717, 1.165) is 6.07 Å². The highest BCUT2D eigenvalue weighted by Gasteiger charge is 2.17. The molecular formula is C8H9BrClF2NO. The van der Waals surface area contributed by atoms with E-state index in [4.69, 9.17) is 10.8 Å². The molecule has 0 saturated heterocycles. The van der Waals surface area contributed by atoms with Gasteiger partial charge in [-0.2, -0.15) is 0 Å². The summed E-state index contributed by atoms with van der Waals surface area (Å²) < 4.78 is 26.4. The summed E-state index contributed by atoms with van der Waals surface area (Å²) in [6.07, 6.45) is 0. The monoisotopic (exact) mass is 287 g/mol. The molecule has 0 aliphatic carbocycles. The summed E-state index contributed by atoms with van der Waals surface area (Å²) >= 11 is 2.90. The molecule has 0 spiro atoms. The fraction of sp³-hybridized carbons (Fsp3) is 0.250. The van der Waals surface area contributed by atoms with Gasteiger partial charge in [-0.3, -0.25) is 0 Å².